The van der Waals surface area contributed by atoms with Crippen LogP contribution in [0.4, 0.5) is 5.82 Å². The summed E-state index contributed by atoms with van der Waals surface area (Å²) in [6.45, 7) is 5.02. The monoisotopic (exact) mass is 337 g/mol. The molecule has 4 rings (SSSR count). The number of rotatable bonds is 4. The van der Waals surface area contributed by atoms with E-state index in [1.807, 2.05) is 36.5 Å². The van der Waals surface area contributed by atoms with Crippen LogP contribution in [0, 0.1) is 0 Å². The van der Waals surface area contributed by atoms with Crippen molar-refractivity contribution in [2.24, 2.45) is 0 Å². The fourth-order valence-electron chi connectivity index (χ4n) is 4.02. The van der Waals surface area contributed by atoms with Crippen molar-refractivity contribution in [3.63, 3.8) is 0 Å². The number of benzene rings is 1. The molecule has 0 atom stereocenters. The molecule has 0 amide bonds. The number of aromatic nitrogens is 1. The summed E-state index contributed by atoms with van der Waals surface area (Å²) in [5.74, 6) is 1.11. The van der Waals surface area contributed by atoms with Crippen LogP contribution in [0.5, 0.6) is 0 Å². The van der Waals surface area contributed by atoms with E-state index in [9.17, 15) is 5.11 Å². The van der Waals surface area contributed by atoms with E-state index in [2.05, 4.69) is 26.9 Å². The average Bonchev–Trinajstić information content (AvgIpc) is 3.20. The zero-order valence-electron chi connectivity index (χ0n) is 14.8. The van der Waals surface area contributed by atoms with E-state index >= 15 is 0 Å². The number of nitrogens with zero attached hydrogens (tertiary/aromatic N) is 3. The summed E-state index contributed by atoms with van der Waals surface area (Å²) in [5, 5.41) is 10.9. The Bertz CT molecular complexity index is 672. The van der Waals surface area contributed by atoms with E-state index < -0.39 is 5.60 Å². The van der Waals surface area contributed by atoms with Crippen LogP contribution in [-0.4, -0.2) is 41.2 Å². The summed E-state index contributed by atoms with van der Waals surface area (Å²) < 4.78 is 0. The van der Waals surface area contributed by atoms with Gasteiger partial charge in [0.2, 0.25) is 0 Å². The summed E-state index contributed by atoms with van der Waals surface area (Å²) in [6.07, 6.45) is 6.15. The first-order chi connectivity index (χ1) is 12.2. The van der Waals surface area contributed by atoms with Gasteiger partial charge in [-0.15, -0.1) is 0 Å². The average molecular weight is 337 g/mol. The van der Waals surface area contributed by atoms with Crippen LogP contribution in [0.2, 0.25) is 0 Å². The first-order valence-electron chi connectivity index (χ1n) is 9.43. The SMILES string of the molecule is OC1(c2ccccc2)CCN(Cc2ccc(N3CCCC3)nc2)CC1. The van der Waals surface area contributed by atoms with Crippen molar-refractivity contribution in [2.45, 2.75) is 37.8 Å². The van der Waals surface area contributed by atoms with Gasteiger partial charge in [-0.2, -0.15) is 0 Å². The molecule has 132 valence electrons. The molecule has 0 unspecified atom stereocenters. The Morgan fingerprint density at radius 1 is 0.920 bits per heavy atom. The van der Waals surface area contributed by atoms with Crippen LogP contribution in [0.15, 0.2) is 48.7 Å². The third kappa shape index (κ3) is 3.70. The highest BCUT2D eigenvalue weighted by atomic mass is 16.3. The molecule has 2 aromatic rings. The molecular weight excluding hydrogens is 310 g/mol. The molecule has 3 heterocycles. The van der Waals surface area contributed by atoms with Gasteiger partial charge in [-0.25, -0.2) is 4.98 Å². The molecule has 0 saturated carbocycles. The second-order valence-electron chi connectivity index (χ2n) is 7.39. The van der Waals surface area contributed by atoms with Crippen molar-refractivity contribution in [1.29, 1.82) is 0 Å². The molecule has 1 N–H and O–H groups in total. The highest BCUT2D eigenvalue weighted by Crippen LogP contribution is 2.33. The van der Waals surface area contributed by atoms with Crippen molar-refractivity contribution >= 4 is 5.82 Å². The number of likely N-dealkylation sites (tertiary alicyclic amines) is 1. The fourth-order valence-corrected chi connectivity index (χ4v) is 4.02. The standard InChI is InChI=1S/C21H27N3O/c25-21(19-6-2-1-3-7-19)10-14-23(15-11-21)17-18-8-9-20(22-16-18)24-12-4-5-13-24/h1-3,6-9,16,25H,4-5,10-15,17H2. The summed E-state index contributed by atoms with van der Waals surface area (Å²) in [6, 6.07) is 14.5. The number of hydrogen-bond donors (Lipinski definition) is 1. The van der Waals surface area contributed by atoms with Gasteiger partial charge in [0.05, 0.1) is 5.60 Å². The van der Waals surface area contributed by atoms with E-state index in [-0.39, 0.29) is 0 Å². The van der Waals surface area contributed by atoms with E-state index in [0.717, 1.165) is 56.9 Å². The molecular formula is C21H27N3O. The lowest BCUT2D eigenvalue weighted by molar-refractivity contribution is -0.0277. The van der Waals surface area contributed by atoms with Crippen LogP contribution >= 0.6 is 0 Å². The molecule has 0 bridgehead atoms. The van der Waals surface area contributed by atoms with Crippen molar-refractivity contribution in [1.82, 2.24) is 9.88 Å². The van der Waals surface area contributed by atoms with Crippen LogP contribution < -0.4 is 4.90 Å². The highest BCUT2D eigenvalue weighted by Gasteiger charge is 2.33. The second-order valence-corrected chi connectivity index (χ2v) is 7.39. The predicted octanol–water partition coefficient (Wildman–Crippen LogP) is 3.17. The minimum atomic E-state index is -0.671. The molecule has 2 saturated heterocycles. The van der Waals surface area contributed by atoms with Gasteiger partial charge in [0.1, 0.15) is 5.82 Å². The lowest BCUT2D eigenvalue weighted by Crippen LogP contribution is -2.42. The zero-order chi connectivity index (χ0) is 17.1. The summed E-state index contributed by atoms with van der Waals surface area (Å²) in [7, 11) is 0. The van der Waals surface area contributed by atoms with Gasteiger partial charge < -0.3 is 10.0 Å². The molecule has 4 heteroatoms. The van der Waals surface area contributed by atoms with E-state index in [0.29, 0.717) is 0 Å². The van der Waals surface area contributed by atoms with Gasteiger partial charge in [-0.1, -0.05) is 36.4 Å². The lowest BCUT2D eigenvalue weighted by atomic mass is 9.84. The van der Waals surface area contributed by atoms with Gasteiger partial charge in [-0.3, -0.25) is 4.90 Å². The fraction of sp³-hybridized carbons (Fsp3) is 0.476. The minimum absolute atomic E-state index is 0.671. The van der Waals surface area contributed by atoms with Gasteiger partial charge >= 0.3 is 0 Å². The van der Waals surface area contributed by atoms with Crippen LogP contribution in [0.3, 0.4) is 0 Å². The third-order valence-electron chi connectivity index (χ3n) is 5.64. The topological polar surface area (TPSA) is 39.6 Å². The maximum Gasteiger partial charge on any atom is 0.128 e. The van der Waals surface area contributed by atoms with E-state index in [4.69, 9.17) is 0 Å². The number of pyridine rings is 1. The molecule has 25 heavy (non-hydrogen) atoms. The van der Waals surface area contributed by atoms with E-state index in [1.165, 1.54) is 18.4 Å². The first-order valence-corrected chi connectivity index (χ1v) is 9.43. The molecule has 0 aliphatic carbocycles. The highest BCUT2D eigenvalue weighted by molar-refractivity contribution is 5.40. The van der Waals surface area contributed by atoms with E-state index in [1.54, 1.807) is 0 Å². The van der Waals surface area contributed by atoms with Crippen LogP contribution in [-0.2, 0) is 12.1 Å². The Labute approximate surface area is 150 Å². The van der Waals surface area contributed by atoms with Crippen LogP contribution in [0.25, 0.3) is 0 Å². The molecule has 2 aliphatic heterocycles. The Hall–Kier alpha value is -1.91. The molecule has 2 aliphatic rings. The van der Waals surface area contributed by atoms with Crippen molar-refractivity contribution in [3.8, 4) is 0 Å². The number of aliphatic hydroxyl groups is 1. The summed E-state index contributed by atoms with van der Waals surface area (Å²) >= 11 is 0. The largest absolute Gasteiger partial charge is 0.385 e. The maximum atomic E-state index is 10.9. The Kier molecular flexibility index (Phi) is 4.73. The summed E-state index contributed by atoms with van der Waals surface area (Å²) in [5.41, 5.74) is 1.63. The minimum Gasteiger partial charge on any atom is -0.385 e. The normalized spacial score (nSPS) is 20.8. The maximum absolute atomic E-state index is 10.9. The van der Waals surface area contributed by atoms with Crippen molar-refractivity contribution in [2.75, 3.05) is 31.1 Å². The molecule has 4 nitrogen and oxygen atoms in total. The van der Waals surface area contributed by atoms with Gasteiger partial charge in [0.25, 0.3) is 0 Å². The Morgan fingerprint density at radius 3 is 2.28 bits per heavy atom. The Balaban J connectivity index is 1.34. The van der Waals surface area contributed by atoms with Gasteiger partial charge in [-0.05, 0) is 42.9 Å². The number of hydrogen-bond acceptors (Lipinski definition) is 4. The Morgan fingerprint density at radius 2 is 1.64 bits per heavy atom. The van der Waals surface area contributed by atoms with Crippen LogP contribution in [0.1, 0.15) is 36.8 Å². The van der Waals surface area contributed by atoms with Gasteiger partial charge in [0.15, 0.2) is 0 Å². The van der Waals surface area contributed by atoms with Crippen molar-refractivity contribution < 1.29 is 5.11 Å². The molecule has 1 aromatic heterocycles. The zero-order valence-corrected chi connectivity index (χ0v) is 14.8. The molecule has 0 radical (unpaired) electrons. The number of anilines is 1. The van der Waals surface area contributed by atoms with Crippen molar-refractivity contribution in [3.05, 3.63) is 59.8 Å². The first kappa shape index (κ1) is 16.6. The number of piperidine rings is 1. The summed E-state index contributed by atoms with van der Waals surface area (Å²) in [4.78, 5) is 9.44. The second kappa shape index (κ2) is 7.14. The quantitative estimate of drug-likeness (QED) is 0.930. The van der Waals surface area contributed by atoms with Gasteiger partial charge in [0, 0.05) is 38.9 Å². The lowest BCUT2D eigenvalue weighted by Gasteiger charge is -2.38. The smallest absolute Gasteiger partial charge is 0.128 e. The predicted molar refractivity (Wildman–Crippen MR) is 101 cm³/mol. The molecule has 0 spiro atoms. The molecule has 1 aromatic carbocycles. The third-order valence-corrected chi connectivity index (χ3v) is 5.64. The molecule has 2 fully saturated rings.